The lowest BCUT2D eigenvalue weighted by atomic mass is 9.77. The molecule has 0 bridgehead atoms. The summed E-state index contributed by atoms with van der Waals surface area (Å²) >= 11 is 3.59. The maximum atomic E-state index is 6.39. The molecule has 1 saturated carbocycles. The average molecular weight is 352 g/mol. The number of halogens is 1. The van der Waals surface area contributed by atoms with Gasteiger partial charge in [0.1, 0.15) is 11.9 Å². The first-order valence-corrected chi connectivity index (χ1v) is 9.16. The maximum Gasteiger partial charge on any atom is 0.124 e. The van der Waals surface area contributed by atoms with E-state index in [1.807, 2.05) is 0 Å². The van der Waals surface area contributed by atoms with Gasteiger partial charge in [0.25, 0.3) is 0 Å². The van der Waals surface area contributed by atoms with Crippen LogP contribution in [0.25, 0.3) is 0 Å². The molecular formula is C18H26BrNO. The van der Waals surface area contributed by atoms with Gasteiger partial charge in [-0.05, 0) is 49.4 Å². The van der Waals surface area contributed by atoms with Crippen LogP contribution in [0.15, 0.2) is 22.7 Å². The largest absolute Gasteiger partial charge is 0.490 e. The molecular weight excluding hydrogens is 326 g/mol. The highest BCUT2D eigenvalue weighted by Gasteiger charge is 2.34. The summed E-state index contributed by atoms with van der Waals surface area (Å²) in [4.78, 5) is 0. The Kier molecular flexibility index (Phi) is 4.90. The minimum atomic E-state index is 0.380. The molecule has 3 heteroatoms. The Hall–Kier alpha value is -0.540. The molecule has 3 rings (SSSR count). The van der Waals surface area contributed by atoms with Crippen molar-refractivity contribution in [2.24, 2.45) is 11.8 Å². The van der Waals surface area contributed by atoms with E-state index < -0.39 is 0 Å². The molecule has 0 spiro atoms. The van der Waals surface area contributed by atoms with Gasteiger partial charge in [-0.15, -0.1) is 0 Å². The summed E-state index contributed by atoms with van der Waals surface area (Å²) < 4.78 is 7.53. The van der Waals surface area contributed by atoms with Crippen LogP contribution >= 0.6 is 15.9 Å². The van der Waals surface area contributed by atoms with Crippen molar-refractivity contribution in [1.82, 2.24) is 5.32 Å². The Balaban J connectivity index is 1.81. The van der Waals surface area contributed by atoms with Crippen LogP contribution in [-0.4, -0.2) is 12.6 Å². The van der Waals surface area contributed by atoms with Crippen molar-refractivity contribution in [1.29, 1.82) is 0 Å². The molecule has 0 saturated heterocycles. The first kappa shape index (κ1) is 15.4. The SMILES string of the molecule is CCNC1CC(C2CCCC(C)C2)Oc2ccc(Br)cc21. The van der Waals surface area contributed by atoms with Gasteiger partial charge in [0.15, 0.2) is 0 Å². The summed E-state index contributed by atoms with van der Waals surface area (Å²) in [7, 11) is 0. The van der Waals surface area contributed by atoms with Gasteiger partial charge in [0.05, 0.1) is 0 Å². The summed E-state index contributed by atoms with van der Waals surface area (Å²) in [6, 6.07) is 6.86. The maximum absolute atomic E-state index is 6.39. The summed E-state index contributed by atoms with van der Waals surface area (Å²) in [6.45, 7) is 5.58. The predicted octanol–water partition coefficient (Wildman–Crippen LogP) is 5.08. The fraction of sp³-hybridized carbons (Fsp3) is 0.667. The zero-order valence-electron chi connectivity index (χ0n) is 13.1. The van der Waals surface area contributed by atoms with Crippen molar-refractivity contribution in [2.75, 3.05) is 6.54 Å². The Bertz CT molecular complexity index is 490. The Morgan fingerprint density at radius 3 is 2.90 bits per heavy atom. The quantitative estimate of drug-likeness (QED) is 0.819. The molecule has 0 amide bonds. The number of nitrogens with one attached hydrogen (secondary N) is 1. The van der Waals surface area contributed by atoms with Crippen LogP contribution in [0.4, 0.5) is 0 Å². The van der Waals surface area contributed by atoms with Gasteiger partial charge >= 0.3 is 0 Å². The van der Waals surface area contributed by atoms with E-state index in [4.69, 9.17) is 4.74 Å². The van der Waals surface area contributed by atoms with Gasteiger partial charge in [-0.25, -0.2) is 0 Å². The van der Waals surface area contributed by atoms with Crippen LogP contribution in [0.3, 0.4) is 0 Å². The second-order valence-corrected chi connectivity index (χ2v) is 7.63. The minimum absolute atomic E-state index is 0.380. The lowest BCUT2D eigenvalue weighted by molar-refractivity contribution is 0.0618. The molecule has 1 aromatic rings. The first-order chi connectivity index (χ1) is 10.2. The minimum Gasteiger partial charge on any atom is -0.490 e. The second-order valence-electron chi connectivity index (χ2n) is 6.72. The van der Waals surface area contributed by atoms with Crippen LogP contribution in [0.1, 0.15) is 57.6 Å². The van der Waals surface area contributed by atoms with Gasteiger partial charge < -0.3 is 10.1 Å². The number of hydrogen-bond donors (Lipinski definition) is 1. The van der Waals surface area contributed by atoms with E-state index in [-0.39, 0.29) is 0 Å². The zero-order valence-corrected chi connectivity index (χ0v) is 14.7. The summed E-state index contributed by atoms with van der Waals surface area (Å²) in [5.41, 5.74) is 1.31. The van der Waals surface area contributed by atoms with Gasteiger partial charge in [-0.2, -0.15) is 0 Å². The molecule has 1 aromatic carbocycles. The van der Waals surface area contributed by atoms with Crippen molar-refractivity contribution >= 4 is 15.9 Å². The molecule has 0 radical (unpaired) electrons. The molecule has 1 N–H and O–H groups in total. The number of fused-ring (bicyclic) bond motifs is 1. The summed E-state index contributed by atoms with van der Waals surface area (Å²) in [6.07, 6.45) is 6.91. The third kappa shape index (κ3) is 3.45. The molecule has 1 aliphatic heterocycles. The number of ether oxygens (including phenoxy) is 1. The van der Waals surface area contributed by atoms with Crippen molar-refractivity contribution in [3.8, 4) is 5.75 Å². The molecule has 4 atom stereocenters. The monoisotopic (exact) mass is 351 g/mol. The topological polar surface area (TPSA) is 21.3 Å². The van der Waals surface area contributed by atoms with Crippen molar-refractivity contribution in [3.05, 3.63) is 28.2 Å². The van der Waals surface area contributed by atoms with Crippen molar-refractivity contribution < 1.29 is 4.74 Å². The summed E-state index contributed by atoms with van der Waals surface area (Å²) in [5.74, 6) is 2.67. The lowest BCUT2D eigenvalue weighted by Crippen LogP contribution is -2.39. The molecule has 2 aliphatic rings. The van der Waals surface area contributed by atoms with Crippen LogP contribution < -0.4 is 10.1 Å². The Morgan fingerprint density at radius 2 is 2.14 bits per heavy atom. The molecule has 0 aromatic heterocycles. The highest BCUT2D eigenvalue weighted by Crippen LogP contribution is 2.42. The van der Waals surface area contributed by atoms with Gasteiger partial charge in [-0.1, -0.05) is 42.6 Å². The summed E-state index contributed by atoms with van der Waals surface area (Å²) in [5, 5.41) is 3.65. The van der Waals surface area contributed by atoms with E-state index in [1.54, 1.807) is 0 Å². The molecule has 21 heavy (non-hydrogen) atoms. The first-order valence-electron chi connectivity index (χ1n) is 8.37. The van der Waals surface area contributed by atoms with Gasteiger partial charge in [0, 0.05) is 22.5 Å². The van der Waals surface area contributed by atoms with E-state index in [2.05, 4.69) is 53.3 Å². The standard InChI is InChI=1S/C18H26BrNO/c1-3-20-16-11-18(13-6-4-5-12(2)9-13)21-17-8-7-14(19)10-15(16)17/h7-8,10,12-13,16,18,20H,3-6,9,11H2,1-2H3. The van der Waals surface area contributed by atoms with Crippen molar-refractivity contribution in [2.45, 2.75) is 58.1 Å². The molecule has 2 nitrogen and oxygen atoms in total. The van der Waals surface area contributed by atoms with E-state index in [0.29, 0.717) is 12.1 Å². The van der Waals surface area contributed by atoms with E-state index in [0.717, 1.165) is 35.0 Å². The van der Waals surface area contributed by atoms with Crippen LogP contribution in [0.5, 0.6) is 5.75 Å². The fourth-order valence-electron chi connectivity index (χ4n) is 4.02. The average Bonchev–Trinajstić information content (AvgIpc) is 2.48. The molecule has 116 valence electrons. The Morgan fingerprint density at radius 1 is 1.29 bits per heavy atom. The van der Waals surface area contributed by atoms with Gasteiger partial charge in [0.2, 0.25) is 0 Å². The van der Waals surface area contributed by atoms with E-state index >= 15 is 0 Å². The smallest absolute Gasteiger partial charge is 0.124 e. The fourth-order valence-corrected chi connectivity index (χ4v) is 4.40. The lowest BCUT2D eigenvalue weighted by Gasteiger charge is -2.39. The van der Waals surface area contributed by atoms with Crippen molar-refractivity contribution in [3.63, 3.8) is 0 Å². The van der Waals surface area contributed by atoms with E-state index in [9.17, 15) is 0 Å². The number of rotatable bonds is 3. The van der Waals surface area contributed by atoms with Crippen LogP contribution in [0.2, 0.25) is 0 Å². The molecule has 1 heterocycles. The highest BCUT2D eigenvalue weighted by molar-refractivity contribution is 9.10. The predicted molar refractivity (Wildman–Crippen MR) is 90.7 cm³/mol. The number of hydrogen-bond acceptors (Lipinski definition) is 2. The van der Waals surface area contributed by atoms with E-state index in [1.165, 1.54) is 31.2 Å². The second kappa shape index (κ2) is 6.70. The molecule has 1 aliphatic carbocycles. The normalized spacial score (nSPS) is 32.3. The molecule has 4 unspecified atom stereocenters. The van der Waals surface area contributed by atoms with Crippen LogP contribution in [0, 0.1) is 11.8 Å². The number of benzene rings is 1. The Labute approximate surface area is 136 Å². The zero-order chi connectivity index (χ0) is 14.8. The van der Waals surface area contributed by atoms with Crippen LogP contribution in [-0.2, 0) is 0 Å². The third-order valence-electron chi connectivity index (χ3n) is 5.05. The third-order valence-corrected chi connectivity index (χ3v) is 5.54. The highest BCUT2D eigenvalue weighted by atomic mass is 79.9. The van der Waals surface area contributed by atoms with Gasteiger partial charge in [-0.3, -0.25) is 0 Å². The molecule has 1 fully saturated rings.